The van der Waals surface area contributed by atoms with E-state index >= 15 is 0 Å². The molecule has 0 amide bonds. The minimum Gasteiger partial charge on any atom is -0.398 e. The Hall–Kier alpha value is -1.58. The van der Waals surface area contributed by atoms with Crippen molar-refractivity contribution in [2.75, 3.05) is 25.9 Å². The Bertz CT molecular complexity index is 566. The summed E-state index contributed by atoms with van der Waals surface area (Å²) < 4.78 is 5.58. The molecule has 0 aliphatic carbocycles. The van der Waals surface area contributed by atoms with E-state index in [2.05, 4.69) is 56.1 Å². The van der Waals surface area contributed by atoms with E-state index in [1.807, 2.05) is 6.07 Å². The second kappa shape index (κ2) is 6.73. The zero-order valence-electron chi connectivity index (χ0n) is 12.6. The van der Waals surface area contributed by atoms with Crippen LogP contribution in [0.25, 0.3) is 10.8 Å². The summed E-state index contributed by atoms with van der Waals surface area (Å²) in [7, 11) is 2.10. The molecule has 2 rings (SSSR count). The average Bonchev–Trinajstić information content (AvgIpc) is 2.39. The van der Waals surface area contributed by atoms with E-state index in [-0.39, 0.29) is 6.10 Å². The van der Waals surface area contributed by atoms with Gasteiger partial charge in [-0.15, -0.1) is 0 Å². The molecule has 3 nitrogen and oxygen atoms in total. The van der Waals surface area contributed by atoms with Gasteiger partial charge in [-0.3, -0.25) is 4.90 Å². The van der Waals surface area contributed by atoms with Gasteiger partial charge in [-0.25, -0.2) is 0 Å². The summed E-state index contributed by atoms with van der Waals surface area (Å²) in [5.74, 6) is 0. The first-order valence-corrected chi connectivity index (χ1v) is 7.13. The van der Waals surface area contributed by atoms with Crippen LogP contribution in [0.1, 0.15) is 19.4 Å². The van der Waals surface area contributed by atoms with Crippen LogP contribution in [0, 0.1) is 0 Å². The van der Waals surface area contributed by atoms with Crippen molar-refractivity contribution in [3.05, 3.63) is 42.0 Å². The molecule has 0 saturated carbocycles. The van der Waals surface area contributed by atoms with Gasteiger partial charge in [0.05, 0.1) is 12.7 Å². The predicted octanol–water partition coefficient (Wildman–Crippen LogP) is 3.28. The van der Waals surface area contributed by atoms with Gasteiger partial charge in [0.15, 0.2) is 0 Å². The number of hydrogen-bond acceptors (Lipinski definition) is 3. The maximum Gasteiger partial charge on any atom is 0.0596 e. The molecule has 0 fully saturated rings. The fourth-order valence-corrected chi connectivity index (χ4v) is 2.26. The molecular weight excluding hydrogens is 248 g/mol. The molecule has 0 heterocycles. The molecule has 2 aromatic rings. The van der Waals surface area contributed by atoms with Crippen LogP contribution in [0.4, 0.5) is 5.69 Å². The largest absolute Gasteiger partial charge is 0.398 e. The van der Waals surface area contributed by atoms with Crippen molar-refractivity contribution in [1.29, 1.82) is 0 Å². The number of likely N-dealkylation sites (N-methyl/N-ethyl adjacent to an activating group) is 1. The number of nitrogens with zero attached hydrogens (tertiary/aromatic N) is 1. The van der Waals surface area contributed by atoms with Crippen LogP contribution < -0.4 is 5.73 Å². The Balaban J connectivity index is 2.03. The van der Waals surface area contributed by atoms with E-state index < -0.39 is 0 Å². The highest BCUT2D eigenvalue weighted by Crippen LogP contribution is 2.22. The molecule has 0 spiro atoms. The van der Waals surface area contributed by atoms with Crippen molar-refractivity contribution in [3.8, 4) is 0 Å². The first-order chi connectivity index (χ1) is 9.56. The van der Waals surface area contributed by atoms with E-state index in [1.165, 1.54) is 16.3 Å². The summed E-state index contributed by atoms with van der Waals surface area (Å²) in [5, 5.41) is 2.43. The van der Waals surface area contributed by atoms with Crippen molar-refractivity contribution < 1.29 is 4.74 Å². The molecule has 0 bridgehead atoms. The van der Waals surface area contributed by atoms with Crippen LogP contribution in [0.15, 0.2) is 36.4 Å². The lowest BCUT2D eigenvalue weighted by Gasteiger charge is -2.19. The van der Waals surface area contributed by atoms with Crippen LogP contribution >= 0.6 is 0 Å². The van der Waals surface area contributed by atoms with Crippen LogP contribution in [0.5, 0.6) is 0 Å². The normalized spacial score (nSPS) is 11.7. The number of ether oxygens (including phenoxy) is 1. The third-order valence-electron chi connectivity index (χ3n) is 3.37. The number of hydrogen-bond donors (Lipinski definition) is 1. The zero-order chi connectivity index (χ0) is 14.5. The highest BCUT2D eigenvalue weighted by Gasteiger charge is 2.06. The third-order valence-corrected chi connectivity index (χ3v) is 3.37. The molecule has 0 aromatic heterocycles. The number of fused-ring (bicyclic) bond motifs is 1. The van der Waals surface area contributed by atoms with Crippen molar-refractivity contribution in [1.82, 2.24) is 4.90 Å². The number of rotatable bonds is 6. The highest BCUT2D eigenvalue weighted by atomic mass is 16.5. The fourth-order valence-electron chi connectivity index (χ4n) is 2.26. The Labute approximate surface area is 121 Å². The fraction of sp³-hybridized carbons (Fsp3) is 0.412. The summed E-state index contributed by atoms with van der Waals surface area (Å²) in [6.07, 6.45) is 0.286. The molecule has 2 N–H and O–H groups in total. The van der Waals surface area contributed by atoms with Crippen LogP contribution in [-0.4, -0.2) is 31.2 Å². The second-order valence-electron chi connectivity index (χ2n) is 5.56. The smallest absolute Gasteiger partial charge is 0.0596 e. The Morgan fingerprint density at radius 3 is 2.45 bits per heavy atom. The summed E-state index contributed by atoms with van der Waals surface area (Å²) in [6.45, 7) is 6.62. The van der Waals surface area contributed by atoms with Gasteiger partial charge in [0.1, 0.15) is 0 Å². The van der Waals surface area contributed by atoms with Gasteiger partial charge < -0.3 is 10.5 Å². The molecule has 3 heteroatoms. The second-order valence-corrected chi connectivity index (χ2v) is 5.56. The van der Waals surface area contributed by atoms with Gasteiger partial charge in [-0.05, 0) is 49.4 Å². The maximum atomic E-state index is 6.15. The van der Waals surface area contributed by atoms with Crippen LogP contribution in [0.2, 0.25) is 0 Å². The lowest BCUT2D eigenvalue weighted by molar-refractivity contribution is 0.0627. The van der Waals surface area contributed by atoms with Crippen LogP contribution in [0.3, 0.4) is 0 Å². The average molecular weight is 272 g/mol. The third kappa shape index (κ3) is 3.95. The lowest BCUT2D eigenvalue weighted by atomic mass is 10.0. The van der Waals surface area contributed by atoms with E-state index in [0.29, 0.717) is 0 Å². The molecule has 0 radical (unpaired) electrons. The molecule has 108 valence electrons. The van der Waals surface area contributed by atoms with Gasteiger partial charge in [0.25, 0.3) is 0 Å². The van der Waals surface area contributed by atoms with Crippen molar-refractivity contribution in [3.63, 3.8) is 0 Å². The predicted molar refractivity (Wildman–Crippen MR) is 85.8 cm³/mol. The van der Waals surface area contributed by atoms with E-state index in [0.717, 1.165) is 25.4 Å². The van der Waals surface area contributed by atoms with Crippen molar-refractivity contribution in [2.24, 2.45) is 0 Å². The number of nitrogen functional groups attached to an aromatic ring is 1. The molecule has 20 heavy (non-hydrogen) atoms. The summed E-state index contributed by atoms with van der Waals surface area (Å²) in [6, 6.07) is 12.6. The number of nitrogens with two attached hydrogens (primary N) is 1. The van der Waals surface area contributed by atoms with Gasteiger partial charge >= 0.3 is 0 Å². The summed E-state index contributed by atoms with van der Waals surface area (Å²) >= 11 is 0. The maximum absolute atomic E-state index is 6.15. The first kappa shape index (κ1) is 14.8. The monoisotopic (exact) mass is 272 g/mol. The van der Waals surface area contributed by atoms with Crippen molar-refractivity contribution >= 4 is 16.5 Å². The van der Waals surface area contributed by atoms with Crippen molar-refractivity contribution in [2.45, 2.75) is 26.5 Å². The van der Waals surface area contributed by atoms with Crippen LogP contribution in [-0.2, 0) is 11.3 Å². The zero-order valence-corrected chi connectivity index (χ0v) is 12.6. The minimum atomic E-state index is 0.286. The quantitative estimate of drug-likeness (QED) is 0.820. The molecule has 0 aliphatic rings. The van der Waals surface area contributed by atoms with E-state index in [9.17, 15) is 0 Å². The molecule has 0 saturated heterocycles. The Morgan fingerprint density at radius 2 is 1.80 bits per heavy atom. The first-order valence-electron chi connectivity index (χ1n) is 7.13. The SMILES string of the molecule is CC(C)OCCN(C)Cc1cc2ccccc2cc1N. The highest BCUT2D eigenvalue weighted by molar-refractivity contribution is 5.86. The molecule has 2 aromatic carbocycles. The molecule has 0 aliphatic heterocycles. The number of benzene rings is 2. The molecule has 0 unspecified atom stereocenters. The minimum absolute atomic E-state index is 0.286. The number of anilines is 1. The van der Waals surface area contributed by atoms with Gasteiger partial charge in [-0.2, -0.15) is 0 Å². The van der Waals surface area contributed by atoms with E-state index in [1.54, 1.807) is 0 Å². The summed E-state index contributed by atoms with van der Waals surface area (Å²) in [5.41, 5.74) is 8.19. The molecule has 0 atom stereocenters. The Morgan fingerprint density at radius 1 is 1.15 bits per heavy atom. The Kier molecular flexibility index (Phi) is 4.99. The summed E-state index contributed by atoms with van der Waals surface area (Å²) in [4.78, 5) is 2.24. The van der Waals surface area contributed by atoms with Gasteiger partial charge in [-0.1, -0.05) is 24.3 Å². The lowest BCUT2D eigenvalue weighted by Crippen LogP contribution is -2.24. The standard InChI is InChI=1S/C17H24N2O/c1-13(2)20-9-8-19(3)12-16-10-14-6-4-5-7-15(14)11-17(16)18/h4-7,10-11,13H,8-9,12,18H2,1-3H3. The van der Waals surface area contributed by atoms with Gasteiger partial charge in [0.2, 0.25) is 0 Å². The van der Waals surface area contributed by atoms with Gasteiger partial charge in [0, 0.05) is 18.8 Å². The molecular formula is C17H24N2O. The topological polar surface area (TPSA) is 38.5 Å². The van der Waals surface area contributed by atoms with E-state index in [4.69, 9.17) is 10.5 Å².